The number of halogens is 2. The number of hydrogen-bond acceptors (Lipinski definition) is 8. The van der Waals surface area contributed by atoms with E-state index in [0.29, 0.717) is 36.4 Å². The van der Waals surface area contributed by atoms with Gasteiger partial charge in [-0.05, 0) is 42.8 Å². The van der Waals surface area contributed by atoms with Gasteiger partial charge in [-0.1, -0.05) is 6.92 Å². The third-order valence-corrected chi connectivity index (χ3v) is 8.06. The quantitative estimate of drug-likeness (QED) is 0.344. The van der Waals surface area contributed by atoms with Crippen molar-refractivity contribution in [3.8, 4) is 11.3 Å². The molecule has 1 saturated heterocycles. The fourth-order valence-corrected chi connectivity index (χ4v) is 5.69. The Balaban J connectivity index is 1.39. The first kappa shape index (κ1) is 28.1. The van der Waals surface area contributed by atoms with Gasteiger partial charge in [0.15, 0.2) is 0 Å². The van der Waals surface area contributed by atoms with E-state index in [1.807, 2.05) is 13.0 Å². The number of sulfone groups is 1. The van der Waals surface area contributed by atoms with Crippen LogP contribution in [0.1, 0.15) is 23.9 Å². The molecule has 40 heavy (non-hydrogen) atoms. The summed E-state index contributed by atoms with van der Waals surface area (Å²) in [5, 5.41) is 4.54. The topological polar surface area (TPSA) is 116 Å². The maximum atomic E-state index is 14.7. The van der Waals surface area contributed by atoms with Crippen LogP contribution in [0.2, 0.25) is 0 Å². The Hall–Kier alpha value is -3.48. The van der Waals surface area contributed by atoms with Gasteiger partial charge in [-0.15, -0.1) is 0 Å². The minimum absolute atomic E-state index is 0.0433. The summed E-state index contributed by atoms with van der Waals surface area (Å²) in [5.74, 6) is -0.738. The number of anilines is 1. The number of imidazole rings is 1. The van der Waals surface area contributed by atoms with Crippen LogP contribution >= 0.6 is 0 Å². The molecule has 4 heterocycles. The number of benzene rings is 1. The Morgan fingerprint density at radius 2 is 1.88 bits per heavy atom. The number of hydrogen-bond donors (Lipinski definition) is 1. The molecule has 9 nitrogen and oxygen atoms in total. The predicted molar refractivity (Wildman–Crippen MR) is 149 cm³/mol. The maximum Gasteiger partial charge on any atom is 0.149 e. The Morgan fingerprint density at radius 3 is 2.58 bits per heavy atom. The summed E-state index contributed by atoms with van der Waals surface area (Å²) in [4.78, 5) is 11.0. The molecule has 0 radical (unpaired) electrons. The van der Waals surface area contributed by atoms with Gasteiger partial charge >= 0.3 is 0 Å². The second-order valence-electron chi connectivity index (χ2n) is 10.5. The van der Waals surface area contributed by atoms with Crippen molar-refractivity contribution in [2.24, 2.45) is 11.7 Å². The number of ether oxygens (including phenoxy) is 1. The Bertz CT molecular complexity index is 1610. The highest BCUT2D eigenvalue weighted by Gasteiger charge is 2.34. The molecule has 1 aromatic carbocycles. The minimum atomic E-state index is -3.12. The van der Waals surface area contributed by atoms with Gasteiger partial charge in [-0.3, -0.25) is 4.98 Å². The van der Waals surface area contributed by atoms with Crippen molar-refractivity contribution in [3.05, 3.63) is 77.5 Å². The number of piperidine rings is 1. The van der Waals surface area contributed by atoms with E-state index >= 15 is 0 Å². The molecule has 4 aromatic rings. The van der Waals surface area contributed by atoms with Crippen LogP contribution in [0.3, 0.4) is 0 Å². The molecule has 5 rings (SSSR count). The van der Waals surface area contributed by atoms with E-state index in [1.165, 1.54) is 18.4 Å². The maximum absolute atomic E-state index is 14.7. The van der Waals surface area contributed by atoms with Crippen LogP contribution in [0.15, 0.2) is 48.9 Å². The molecule has 1 aliphatic rings. The molecule has 0 aliphatic carbocycles. The molecular weight excluding hydrogens is 538 g/mol. The van der Waals surface area contributed by atoms with E-state index < -0.39 is 21.5 Å². The highest BCUT2D eigenvalue weighted by atomic mass is 32.2. The van der Waals surface area contributed by atoms with Crippen LogP contribution < -0.4 is 10.6 Å². The molecule has 1 aliphatic heterocycles. The normalized spacial score (nSPS) is 19.9. The lowest BCUT2D eigenvalue weighted by atomic mass is 9.91. The van der Waals surface area contributed by atoms with E-state index in [2.05, 4.69) is 20.0 Å². The van der Waals surface area contributed by atoms with Crippen molar-refractivity contribution in [1.29, 1.82) is 0 Å². The van der Waals surface area contributed by atoms with E-state index in [-0.39, 0.29) is 41.7 Å². The lowest BCUT2D eigenvalue weighted by Crippen LogP contribution is -2.57. The summed E-state index contributed by atoms with van der Waals surface area (Å²) in [6.07, 6.45) is 6.45. The third kappa shape index (κ3) is 5.98. The van der Waals surface area contributed by atoms with Crippen LogP contribution in [-0.2, 0) is 21.0 Å². The summed E-state index contributed by atoms with van der Waals surface area (Å²) < 4.78 is 59.8. The fourth-order valence-electron chi connectivity index (χ4n) is 5.29. The number of rotatable bonds is 8. The number of fused-ring (bicyclic) bond motifs is 1. The Morgan fingerprint density at radius 1 is 1.12 bits per heavy atom. The highest BCUT2D eigenvalue weighted by molar-refractivity contribution is 7.90. The molecule has 0 bridgehead atoms. The zero-order chi connectivity index (χ0) is 28.6. The summed E-state index contributed by atoms with van der Waals surface area (Å²) in [5.41, 5.74) is 9.50. The minimum Gasteiger partial charge on any atom is -0.375 e. The number of nitrogens with zero attached hydrogens (tertiary/aromatic N) is 5. The monoisotopic (exact) mass is 570 g/mol. The molecule has 0 unspecified atom stereocenters. The molecule has 12 heteroatoms. The molecule has 3 atom stereocenters. The smallest absolute Gasteiger partial charge is 0.149 e. The largest absolute Gasteiger partial charge is 0.375 e. The van der Waals surface area contributed by atoms with Gasteiger partial charge in [0.25, 0.3) is 0 Å². The molecule has 3 aromatic heterocycles. The van der Waals surface area contributed by atoms with Crippen LogP contribution in [-0.4, -0.2) is 71.9 Å². The van der Waals surface area contributed by atoms with Crippen molar-refractivity contribution in [1.82, 2.24) is 19.6 Å². The lowest BCUT2D eigenvalue weighted by molar-refractivity contribution is 0.00179. The van der Waals surface area contributed by atoms with Crippen LogP contribution in [0, 0.1) is 24.5 Å². The average molecular weight is 571 g/mol. The molecular formula is C28H32F2N6O3S. The standard InChI is InChI=1S/C28H32F2N6O3S/c1-17-10-21(29)27(22(30)11-17)24-5-4-20-14-33-26(36(20)34-24)12-19-13-32-7-6-25(19)35-15-18(2)28(23(31)16-35)39-8-9-40(3,37)38/h4-7,10-11,13-14,18,23,28H,8-9,12,15-16,31H2,1-3H3/t18-,23+,28-/m0/s1. The molecule has 0 saturated carbocycles. The third-order valence-electron chi connectivity index (χ3n) is 7.15. The van der Waals surface area contributed by atoms with Crippen molar-refractivity contribution in [2.75, 3.05) is 36.6 Å². The zero-order valence-electron chi connectivity index (χ0n) is 22.6. The molecule has 0 amide bonds. The SMILES string of the molecule is Cc1cc(F)c(-c2ccc3cnc(Cc4cnccc4N4C[C@@H](N)[C@@H](OCCS(C)(=O)=O)[C@@H](C)C4)n3n2)c(F)c1. The molecule has 0 spiro atoms. The van der Waals surface area contributed by atoms with Crippen molar-refractivity contribution in [2.45, 2.75) is 32.4 Å². The summed E-state index contributed by atoms with van der Waals surface area (Å²) >= 11 is 0. The second kappa shape index (κ2) is 11.2. The number of nitrogens with two attached hydrogens (primary N) is 1. The van der Waals surface area contributed by atoms with Crippen molar-refractivity contribution in [3.63, 3.8) is 0 Å². The highest BCUT2D eigenvalue weighted by Crippen LogP contribution is 2.30. The Kier molecular flexibility index (Phi) is 7.85. The van der Waals surface area contributed by atoms with Crippen molar-refractivity contribution >= 4 is 21.0 Å². The van der Waals surface area contributed by atoms with Gasteiger partial charge in [0.2, 0.25) is 0 Å². The summed E-state index contributed by atoms with van der Waals surface area (Å²) in [6, 6.07) is 7.49. The number of aryl methyl sites for hydroxylation is 1. The first-order valence-corrected chi connectivity index (χ1v) is 15.1. The number of pyridine rings is 1. The van der Waals surface area contributed by atoms with Crippen molar-refractivity contribution < 1.29 is 21.9 Å². The van der Waals surface area contributed by atoms with E-state index in [4.69, 9.17) is 10.5 Å². The summed E-state index contributed by atoms with van der Waals surface area (Å²) in [6.45, 7) is 4.95. The zero-order valence-corrected chi connectivity index (χ0v) is 23.4. The lowest BCUT2D eigenvalue weighted by Gasteiger charge is -2.42. The van der Waals surface area contributed by atoms with Gasteiger partial charge in [-0.2, -0.15) is 5.10 Å². The molecule has 212 valence electrons. The fraction of sp³-hybridized carbons (Fsp3) is 0.393. The van der Waals surface area contributed by atoms with Gasteiger partial charge in [0.1, 0.15) is 27.3 Å². The summed E-state index contributed by atoms with van der Waals surface area (Å²) in [7, 11) is -3.12. The van der Waals surface area contributed by atoms with Crippen LogP contribution in [0.25, 0.3) is 16.8 Å². The molecule has 2 N–H and O–H groups in total. The molecule has 1 fully saturated rings. The Labute approximate surface area is 231 Å². The van der Waals surface area contributed by atoms with Gasteiger partial charge in [0.05, 0.1) is 41.4 Å². The average Bonchev–Trinajstić information content (AvgIpc) is 3.26. The first-order valence-electron chi connectivity index (χ1n) is 13.0. The van der Waals surface area contributed by atoms with E-state index in [1.54, 1.807) is 42.2 Å². The van der Waals surface area contributed by atoms with E-state index in [9.17, 15) is 17.2 Å². The predicted octanol–water partition coefficient (Wildman–Crippen LogP) is 3.18. The first-order chi connectivity index (χ1) is 19.0. The number of aromatic nitrogens is 4. The van der Waals surface area contributed by atoms with Crippen LogP contribution in [0.5, 0.6) is 0 Å². The van der Waals surface area contributed by atoms with Gasteiger partial charge < -0.3 is 15.4 Å². The van der Waals surface area contributed by atoms with E-state index in [0.717, 1.165) is 11.3 Å². The van der Waals surface area contributed by atoms with Crippen LogP contribution in [0.4, 0.5) is 14.5 Å². The van der Waals surface area contributed by atoms with Gasteiger partial charge in [0, 0.05) is 61.4 Å². The van der Waals surface area contributed by atoms with Gasteiger partial charge in [-0.25, -0.2) is 26.7 Å². The second-order valence-corrected chi connectivity index (χ2v) is 12.8.